The summed E-state index contributed by atoms with van der Waals surface area (Å²) < 4.78 is 39.6. The maximum atomic E-state index is 13.3. The minimum Gasteiger partial charge on any atom is -0.508 e. The van der Waals surface area contributed by atoms with Crippen LogP contribution in [-0.4, -0.2) is 91.3 Å². The smallest absolute Gasteiger partial charge is 0.243 e. The molecular formula is C26H33ClN2O7S. The number of halogens is 1. The zero-order valence-corrected chi connectivity index (χ0v) is 22.4. The van der Waals surface area contributed by atoms with Gasteiger partial charge in [0.15, 0.2) is 5.78 Å². The van der Waals surface area contributed by atoms with E-state index < -0.39 is 21.7 Å². The number of β-amino-alcohol motifs (C(OH)–C–C–N with tert-alkyl or cyclic N) is 1. The van der Waals surface area contributed by atoms with Crippen LogP contribution < -0.4 is 4.74 Å². The Kier molecular flexibility index (Phi) is 8.77. The molecule has 4 rings (SSSR count). The first kappa shape index (κ1) is 27.8. The minimum absolute atomic E-state index is 0.0154. The predicted molar refractivity (Wildman–Crippen MR) is 139 cm³/mol. The fourth-order valence-electron chi connectivity index (χ4n) is 5.04. The molecule has 0 saturated carbocycles. The topological polar surface area (TPSA) is 117 Å². The van der Waals surface area contributed by atoms with Crippen LogP contribution in [0.3, 0.4) is 0 Å². The summed E-state index contributed by atoms with van der Waals surface area (Å²) in [7, 11) is -3.91. The molecule has 37 heavy (non-hydrogen) atoms. The number of nitrogens with zero attached hydrogens (tertiary/aromatic N) is 2. The number of aliphatic hydroxyl groups is 1. The Bertz CT molecular complexity index is 1230. The van der Waals surface area contributed by atoms with E-state index in [1.165, 1.54) is 28.6 Å². The number of aliphatic hydroxyl groups excluding tert-OH is 1. The highest BCUT2D eigenvalue weighted by atomic mass is 35.5. The van der Waals surface area contributed by atoms with E-state index in [0.29, 0.717) is 42.5 Å². The van der Waals surface area contributed by atoms with Crippen LogP contribution in [0.5, 0.6) is 11.5 Å². The van der Waals surface area contributed by atoms with Crippen LogP contribution in [0, 0.1) is 0 Å². The monoisotopic (exact) mass is 552 g/mol. The molecule has 0 radical (unpaired) electrons. The van der Waals surface area contributed by atoms with Crippen molar-refractivity contribution in [3.05, 3.63) is 53.1 Å². The summed E-state index contributed by atoms with van der Waals surface area (Å²) in [5.41, 5.74) is -0.348. The second-order valence-electron chi connectivity index (χ2n) is 9.58. The van der Waals surface area contributed by atoms with Gasteiger partial charge in [-0.2, -0.15) is 4.31 Å². The molecule has 2 atom stereocenters. The summed E-state index contributed by atoms with van der Waals surface area (Å²) in [6.07, 6.45) is 0.659. The predicted octanol–water partition coefficient (Wildman–Crippen LogP) is 2.93. The highest BCUT2D eigenvalue weighted by Gasteiger charge is 2.44. The molecule has 1 fully saturated rings. The van der Waals surface area contributed by atoms with Crippen LogP contribution in [-0.2, 0) is 14.8 Å². The van der Waals surface area contributed by atoms with Crippen LogP contribution in [0.4, 0.5) is 0 Å². The van der Waals surface area contributed by atoms with E-state index in [9.17, 15) is 23.4 Å². The normalized spacial score (nSPS) is 21.1. The molecule has 2 aromatic rings. The highest BCUT2D eigenvalue weighted by Crippen LogP contribution is 2.39. The zero-order valence-electron chi connectivity index (χ0n) is 20.8. The lowest BCUT2D eigenvalue weighted by Gasteiger charge is -2.45. The maximum Gasteiger partial charge on any atom is 0.243 e. The number of hydrogen-bond acceptors (Lipinski definition) is 8. The van der Waals surface area contributed by atoms with Crippen LogP contribution in [0.2, 0.25) is 5.02 Å². The highest BCUT2D eigenvalue weighted by molar-refractivity contribution is 7.89. The van der Waals surface area contributed by atoms with E-state index in [4.69, 9.17) is 21.1 Å². The second-order valence-corrected chi connectivity index (χ2v) is 11.9. The van der Waals surface area contributed by atoms with Crippen molar-refractivity contribution in [2.75, 3.05) is 45.9 Å². The van der Waals surface area contributed by atoms with E-state index in [0.717, 1.165) is 6.42 Å². The van der Waals surface area contributed by atoms with Gasteiger partial charge in [0.1, 0.15) is 17.1 Å². The zero-order chi connectivity index (χ0) is 26.6. The first-order valence-corrected chi connectivity index (χ1v) is 14.2. The number of sulfonamides is 1. The summed E-state index contributed by atoms with van der Waals surface area (Å²) in [5, 5.41) is 21.0. The maximum absolute atomic E-state index is 13.3. The number of carbonyl (C=O) groups excluding carboxylic acids is 1. The number of benzene rings is 2. The molecule has 2 aliphatic rings. The Morgan fingerprint density at radius 1 is 1.27 bits per heavy atom. The van der Waals surface area contributed by atoms with E-state index in [1.54, 1.807) is 18.2 Å². The number of phenols is 1. The molecule has 0 aromatic heterocycles. The number of aromatic hydroxyl groups is 1. The van der Waals surface area contributed by atoms with Gasteiger partial charge in [-0.25, -0.2) is 8.42 Å². The van der Waals surface area contributed by atoms with Crippen LogP contribution in [0.25, 0.3) is 0 Å². The van der Waals surface area contributed by atoms with Gasteiger partial charge < -0.3 is 19.7 Å². The number of phenolic OH excluding ortho intramolecular Hbond substituents is 1. The quantitative estimate of drug-likeness (QED) is 0.432. The van der Waals surface area contributed by atoms with Gasteiger partial charge in [0.05, 0.1) is 29.6 Å². The fourth-order valence-corrected chi connectivity index (χ4v) is 6.81. The average Bonchev–Trinajstić information content (AvgIpc) is 2.84. The number of carbonyl (C=O) groups is 1. The van der Waals surface area contributed by atoms with Gasteiger partial charge in [-0.1, -0.05) is 17.7 Å². The number of Topliss-reactive ketones (excluding diaryl/α,β-unsaturated/α-hetero) is 1. The van der Waals surface area contributed by atoms with Crippen LogP contribution in [0.15, 0.2) is 47.4 Å². The van der Waals surface area contributed by atoms with Gasteiger partial charge in [0.2, 0.25) is 10.0 Å². The number of fused-ring (bicyclic) bond motifs is 1. The van der Waals surface area contributed by atoms with E-state index in [-0.39, 0.29) is 49.1 Å². The molecule has 11 heteroatoms. The summed E-state index contributed by atoms with van der Waals surface area (Å²) in [4.78, 5) is 14.9. The molecule has 2 aromatic carbocycles. The van der Waals surface area contributed by atoms with Crippen molar-refractivity contribution in [1.29, 1.82) is 0 Å². The third-order valence-corrected chi connectivity index (χ3v) is 8.79. The van der Waals surface area contributed by atoms with Crippen molar-refractivity contribution in [2.24, 2.45) is 0 Å². The minimum atomic E-state index is -3.91. The van der Waals surface area contributed by atoms with Gasteiger partial charge in [-0.3, -0.25) is 9.69 Å². The number of hydrogen-bond donors (Lipinski definition) is 2. The molecule has 2 heterocycles. The van der Waals surface area contributed by atoms with Gasteiger partial charge >= 0.3 is 0 Å². The first-order valence-electron chi connectivity index (χ1n) is 12.4. The van der Waals surface area contributed by atoms with Crippen molar-refractivity contribution >= 4 is 27.4 Å². The third-order valence-electron chi connectivity index (χ3n) is 6.70. The molecule has 0 amide bonds. The Hall–Kier alpha value is -2.21. The molecule has 2 aliphatic heterocycles. The molecule has 0 bridgehead atoms. The molecule has 2 N–H and O–H groups in total. The van der Waals surface area contributed by atoms with Gasteiger partial charge in [-0.05, 0) is 62.7 Å². The molecule has 1 spiro atoms. The summed E-state index contributed by atoms with van der Waals surface area (Å²) in [5.74, 6) is 0.377. The van der Waals surface area contributed by atoms with Gasteiger partial charge in [0.25, 0.3) is 0 Å². The number of piperidine rings is 1. The molecule has 1 unspecified atom stereocenters. The van der Waals surface area contributed by atoms with E-state index in [2.05, 4.69) is 0 Å². The summed E-state index contributed by atoms with van der Waals surface area (Å²) in [6.45, 7) is 3.78. The van der Waals surface area contributed by atoms with E-state index in [1.807, 2.05) is 11.8 Å². The number of ketones is 1. The van der Waals surface area contributed by atoms with Crippen molar-refractivity contribution in [3.8, 4) is 11.5 Å². The summed E-state index contributed by atoms with van der Waals surface area (Å²) >= 11 is 6.03. The molecular weight excluding hydrogens is 520 g/mol. The van der Waals surface area contributed by atoms with Crippen molar-refractivity contribution in [3.63, 3.8) is 0 Å². The number of rotatable bonds is 10. The Balaban J connectivity index is 1.45. The Morgan fingerprint density at radius 3 is 2.84 bits per heavy atom. The summed E-state index contributed by atoms with van der Waals surface area (Å²) in [6, 6.07) is 10.6. The van der Waals surface area contributed by atoms with Crippen molar-refractivity contribution in [1.82, 2.24) is 9.21 Å². The first-order chi connectivity index (χ1) is 17.6. The van der Waals surface area contributed by atoms with Crippen molar-refractivity contribution < 1.29 is 32.9 Å². The molecule has 0 aliphatic carbocycles. The third kappa shape index (κ3) is 6.63. The Labute approximate surface area is 222 Å². The second kappa shape index (κ2) is 11.7. The average molecular weight is 553 g/mol. The lowest BCUT2D eigenvalue weighted by Crippen LogP contribution is -2.56. The van der Waals surface area contributed by atoms with E-state index >= 15 is 0 Å². The standard InChI is InChI=1S/C26H33ClN2O7S/c1-2-35-12-11-29(37(33,34)22-6-3-5-19(27)13-22)17-21(31)16-28-10-4-9-26(18-28)15-24(32)23-14-20(30)7-8-25(23)36-26/h3,5-8,13-14,21,30-31H,2,4,9-12,15-18H2,1H3/t21-,26?/m0/s1. The molecule has 9 nitrogen and oxygen atoms in total. The van der Waals surface area contributed by atoms with Gasteiger partial charge in [0, 0.05) is 37.8 Å². The SMILES string of the molecule is CCOCCN(C[C@@H](O)CN1CCCC2(CC(=O)c3cc(O)ccc3O2)C1)S(=O)(=O)c1cccc(Cl)c1. The van der Waals surface area contributed by atoms with Crippen LogP contribution >= 0.6 is 11.6 Å². The fraction of sp³-hybridized carbons (Fsp3) is 0.500. The molecule has 202 valence electrons. The lowest BCUT2D eigenvalue weighted by atomic mass is 9.83. The molecule has 1 saturated heterocycles. The van der Waals surface area contributed by atoms with Gasteiger partial charge in [-0.15, -0.1) is 0 Å². The van der Waals surface area contributed by atoms with Crippen molar-refractivity contribution in [2.45, 2.75) is 42.8 Å². The largest absolute Gasteiger partial charge is 0.508 e. The number of likely N-dealkylation sites (tertiary alicyclic amines) is 1. The lowest BCUT2D eigenvalue weighted by molar-refractivity contribution is -0.0304. The number of ether oxygens (including phenoxy) is 2. The van der Waals surface area contributed by atoms with Crippen LogP contribution in [0.1, 0.15) is 36.5 Å². The Morgan fingerprint density at radius 2 is 2.08 bits per heavy atom.